The molecule has 2 rings (SSSR count). The van der Waals surface area contributed by atoms with Gasteiger partial charge in [-0.25, -0.2) is 8.78 Å². The molecule has 0 unspecified atom stereocenters. The predicted molar refractivity (Wildman–Crippen MR) is 57.1 cm³/mol. The van der Waals surface area contributed by atoms with E-state index >= 15 is 0 Å². The van der Waals surface area contributed by atoms with Gasteiger partial charge in [-0.3, -0.25) is 0 Å². The fourth-order valence-electron chi connectivity index (χ4n) is 1.28. The summed E-state index contributed by atoms with van der Waals surface area (Å²) in [5.41, 5.74) is 0.866. The lowest BCUT2D eigenvalue weighted by Crippen LogP contribution is -1.95. The summed E-state index contributed by atoms with van der Waals surface area (Å²) < 4.78 is 30.6. The van der Waals surface area contributed by atoms with Gasteiger partial charge in [0.2, 0.25) is 0 Å². The number of hydrogen-bond donors (Lipinski definition) is 0. The van der Waals surface area contributed by atoms with Crippen LogP contribution in [-0.2, 0) is 6.61 Å². The van der Waals surface area contributed by atoms with Crippen LogP contribution in [0.2, 0.25) is 0 Å². The average molecular weight is 220 g/mol. The van der Waals surface area contributed by atoms with Crippen molar-refractivity contribution in [2.45, 2.75) is 6.61 Å². The van der Waals surface area contributed by atoms with Crippen molar-refractivity contribution in [1.82, 2.24) is 0 Å². The van der Waals surface area contributed by atoms with Crippen LogP contribution in [0.3, 0.4) is 0 Å². The number of ether oxygens (including phenoxy) is 1. The summed E-state index contributed by atoms with van der Waals surface area (Å²) in [6.45, 7) is 0.339. The molecule has 0 bridgehead atoms. The maximum Gasteiger partial charge on any atom is 0.123 e. The molecule has 1 nitrogen and oxygen atoms in total. The summed E-state index contributed by atoms with van der Waals surface area (Å²) in [5.74, 6) is 0.0189. The molecule has 16 heavy (non-hydrogen) atoms. The Kier molecular flexibility index (Phi) is 3.15. The van der Waals surface area contributed by atoms with Crippen LogP contribution in [-0.4, -0.2) is 0 Å². The summed E-state index contributed by atoms with van der Waals surface area (Å²) in [4.78, 5) is 0. The normalized spacial score (nSPS) is 10.1. The fraction of sp³-hybridized carbons (Fsp3) is 0.0769. The second-order valence-electron chi connectivity index (χ2n) is 3.37. The molecule has 0 aromatic heterocycles. The van der Waals surface area contributed by atoms with Gasteiger partial charge in [0.15, 0.2) is 0 Å². The first-order valence-electron chi connectivity index (χ1n) is 4.87. The summed E-state index contributed by atoms with van der Waals surface area (Å²) in [6.07, 6.45) is 0. The van der Waals surface area contributed by atoms with E-state index in [0.717, 1.165) is 5.56 Å². The van der Waals surface area contributed by atoms with E-state index < -0.39 is 0 Å². The van der Waals surface area contributed by atoms with Crippen LogP contribution in [0.1, 0.15) is 5.56 Å². The number of hydrogen-bond acceptors (Lipinski definition) is 1. The first-order valence-corrected chi connectivity index (χ1v) is 4.87. The monoisotopic (exact) mass is 220 g/mol. The average Bonchev–Trinajstić information content (AvgIpc) is 2.30. The maximum absolute atomic E-state index is 12.6. The third-order valence-corrected chi connectivity index (χ3v) is 2.13. The van der Waals surface area contributed by atoms with E-state index in [9.17, 15) is 8.78 Å². The third kappa shape index (κ3) is 2.79. The molecule has 0 spiro atoms. The molecule has 3 heteroatoms. The zero-order chi connectivity index (χ0) is 11.4. The van der Waals surface area contributed by atoms with Crippen LogP contribution in [0.5, 0.6) is 5.75 Å². The molecule has 2 aromatic rings. The summed E-state index contributed by atoms with van der Waals surface area (Å²) in [6, 6.07) is 11.8. The van der Waals surface area contributed by atoms with Crippen molar-refractivity contribution < 1.29 is 13.5 Å². The molecule has 0 aliphatic carbocycles. The molecule has 0 saturated carbocycles. The molecule has 82 valence electrons. The zero-order valence-electron chi connectivity index (χ0n) is 8.49. The minimum Gasteiger partial charge on any atom is -0.489 e. The molecule has 0 saturated heterocycles. The van der Waals surface area contributed by atoms with Gasteiger partial charge < -0.3 is 4.74 Å². The molecule has 2 aromatic carbocycles. The van der Waals surface area contributed by atoms with Crippen LogP contribution in [0, 0.1) is 11.6 Å². The Morgan fingerprint density at radius 2 is 1.25 bits per heavy atom. The standard InChI is InChI=1S/C13H10F2O/c14-11-3-1-10(2-4-11)9-16-13-7-5-12(15)6-8-13/h1-8H,9H2. The Bertz CT molecular complexity index is 403. The van der Waals surface area contributed by atoms with E-state index in [1.54, 1.807) is 24.3 Å². The van der Waals surface area contributed by atoms with Crippen molar-refractivity contribution in [1.29, 1.82) is 0 Å². The molecule has 0 N–H and O–H groups in total. The highest BCUT2D eigenvalue weighted by molar-refractivity contribution is 5.23. The largest absolute Gasteiger partial charge is 0.489 e. The van der Waals surface area contributed by atoms with Gasteiger partial charge in [0.25, 0.3) is 0 Å². The van der Waals surface area contributed by atoms with E-state index in [0.29, 0.717) is 12.4 Å². The van der Waals surface area contributed by atoms with Crippen LogP contribution in [0.25, 0.3) is 0 Å². The van der Waals surface area contributed by atoms with Crippen molar-refractivity contribution in [3.05, 3.63) is 65.7 Å². The predicted octanol–water partition coefficient (Wildman–Crippen LogP) is 3.54. The molecule has 0 atom stereocenters. The zero-order valence-corrected chi connectivity index (χ0v) is 8.49. The SMILES string of the molecule is Fc1ccc(COc2ccc(F)cc2)cc1. The van der Waals surface area contributed by atoms with Crippen LogP contribution >= 0.6 is 0 Å². The Morgan fingerprint density at radius 1 is 0.750 bits per heavy atom. The van der Waals surface area contributed by atoms with Crippen molar-refractivity contribution in [3.63, 3.8) is 0 Å². The highest BCUT2D eigenvalue weighted by atomic mass is 19.1. The molecule has 0 amide bonds. The highest BCUT2D eigenvalue weighted by Gasteiger charge is 1.97. The second-order valence-corrected chi connectivity index (χ2v) is 3.37. The van der Waals surface area contributed by atoms with Gasteiger partial charge in [0.05, 0.1) is 0 Å². The van der Waals surface area contributed by atoms with Gasteiger partial charge in [-0.2, -0.15) is 0 Å². The molecule has 0 aliphatic heterocycles. The summed E-state index contributed by atoms with van der Waals surface area (Å²) in [5, 5.41) is 0. The van der Waals surface area contributed by atoms with E-state index in [2.05, 4.69) is 0 Å². The Hall–Kier alpha value is -1.90. The first-order chi connectivity index (χ1) is 7.74. The van der Waals surface area contributed by atoms with Crippen LogP contribution < -0.4 is 4.74 Å². The number of benzene rings is 2. The minimum atomic E-state index is -0.297. The van der Waals surface area contributed by atoms with E-state index in [-0.39, 0.29) is 11.6 Å². The second kappa shape index (κ2) is 4.75. The minimum absolute atomic E-state index is 0.273. The molecule has 0 fully saturated rings. The van der Waals surface area contributed by atoms with Crippen LogP contribution in [0.4, 0.5) is 8.78 Å². The Labute approximate surface area is 92.3 Å². The van der Waals surface area contributed by atoms with Crippen molar-refractivity contribution >= 4 is 0 Å². The lowest BCUT2D eigenvalue weighted by Gasteiger charge is -2.05. The smallest absolute Gasteiger partial charge is 0.123 e. The molecular formula is C13H10F2O. The summed E-state index contributed by atoms with van der Waals surface area (Å²) in [7, 11) is 0. The fourth-order valence-corrected chi connectivity index (χ4v) is 1.28. The van der Waals surface area contributed by atoms with Gasteiger partial charge in [-0.05, 0) is 42.0 Å². The summed E-state index contributed by atoms with van der Waals surface area (Å²) >= 11 is 0. The Morgan fingerprint density at radius 3 is 1.81 bits per heavy atom. The number of rotatable bonds is 3. The molecule has 0 radical (unpaired) electrons. The highest BCUT2D eigenvalue weighted by Crippen LogP contribution is 2.13. The molecule has 0 heterocycles. The lowest BCUT2D eigenvalue weighted by atomic mass is 10.2. The van der Waals surface area contributed by atoms with Gasteiger partial charge in [-0.15, -0.1) is 0 Å². The lowest BCUT2D eigenvalue weighted by molar-refractivity contribution is 0.305. The van der Waals surface area contributed by atoms with Gasteiger partial charge in [-0.1, -0.05) is 12.1 Å². The number of halogens is 2. The topological polar surface area (TPSA) is 9.23 Å². The quantitative estimate of drug-likeness (QED) is 0.768. The van der Waals surface area contributed by atoms with Crippen molar-refractivity contribution in [2.75, 3.05) is 0 Å². The maximum atomic E-state index is 12.6. The van der Waals surface area contributed by atoms with Gasteiger partial charge in [0, 0.05) is 0 Å². The van der Waals surface area contributed by atoms with E-state index in [1.165, 1.54) is 24.3 Å². The van der Waals surface area contributed by atoms with Gasteiger partial charge >= 0.3 is 0 Å². The van der Waals surface area contributed by atoms with Crippen molar-refractivity contribution in [2.24, 2.45) is 0 Å². The van der Waals surface area contributed by atoms with Gasteiger partial charge in [0.1, 0.15) is 24.0 Å². The van der Waals surface area contributed by atoms with Crippen molar-refractivity contribution in [3.8, 4) is 5.75 Å². The molecular weight excluding hydrogens is 210 g/mol. The third-order valence-electron chi connectivity index (χ3n) is 2.13. The van der Waals surface area contributed by atoms with Crippen LogP contribution in [0.15, 0.2) is 48.5 Å². The van der Waals surface area contributed by atoms with E-state index in [4.69, 9.17) is 4.74 Å². The van der Waals surface area contributed by atoms with E-state index in [1.807, 2.05) is 0 Å². The molecule has 0 aliphatic rings. The first kappa shape index (κ1) is 10.6. The Balaban J connectivity index is 1.97.